The summed E-state index contributed by atoms with van der Waals surface area (Å²) in [7, 11) is 0. The van der Waals surface area contributed by atoms with Crippen molar-refractivity contribution in [2.45, 2.75) is 26.5 Å². The maximum atomic E-state index is 12.2. The molecule has 5 nitrogen and oxygen atoms in total. The van der Waals surface area contributed by atoms with Crippen molar-refractivity contribution < 1.29 is 28.2 Å². The zero-order valence-electron chi connectivity index (χ0n) is 11.1. The number of ether oxygens (including phenoxy) is 2. The highest BCUT2D eigenvalue weighted by atomic mass is 19.3. The summed E-state index contributed by atoms with van der Waals surface area (Å²) in [6, 6.07) is 4.62. The lowest BCUT2D eigenvalue weighted by molar-refractivity contribution is -0.136. The molecule has 0 radical (unpaired) electrons. The monoisotopic (exact) mass is 289 g/mol. The van der Waals surface area contributed by atoms with Gasteiger partial charge in [0.1, 0.15) is 0 Å². The summed E-state index contributed by atoms with van der Waals surface area (Å²) < 4.78 is 34.0. The summed E-state index contributed by atoms with van der Waals surface area (Å²) in [5, 5.41) is 11.4. The lowest BCUT2D eigenvalue weighted by Crippen LogP contribution is -2.17. The van der Waals surface area contributed by atoms with Crippen LogP contribution in [0.3, 0.4) is 0 Å². The highest BCUT2D eigenvalue weighted by Crippen LogP contribution is 2.29. The Hall–Kier alpha value is -1.89. The minimum Gasteiger partial charge on any atom is -0.490 e. The quantitative estimate of drug-likeness (QED) is 0.682. The Bertz CT molecular complexity index is 440. The van der Waals surface area contributed by atoms with Crippen molar-refractivity contribution in [3.05, 3.63) is 23.8 Å². The Morgan fingerprint density at radius 1 is 1.40 bits per heavy atom. The largest absolute Gasteiger partial charge is 0.490 e. The van der Waals surface area contributed by atoms with Gasteiger partial charge in [0, 0.05) is 13.1 Å². The molecule has 112 valence electrons. The first kappa shape index (κ1) is 16.2. The van der Waals surface area contributed by atoms with Crippen molar-refractivity contribution in [1.82, 2.24) is 5.32 Å². The molecule has 20 heavy (non-hydrogen) atoms. The van der Waals surface area contributed by atoms with Gasteiger partial charge >= 0.3 is 12.6 Å². The van der Waals surface area contributed by atoms with Gasteiger partial charge in [-0.15, -0.1) is 0 Å². The highest BCUT2D eigenvalue weighted by Gasteiger charge is 2.11. The van der Waals surface area contributed by atoms with Crippen molar-refractivity contribution in [2.24, 2.45) is 0 Å². The fourth-order valence-corrected chi connectivity index (χ4v) is 1.55. The number of rotatable bonds is 9. The standard InChI is InChI=1S/C13H17F2NO4/c1-2-19-11-7-9(8-16-6-5-12(17)18)3-4-10(11)20-13(14)15/h3-4,7,13,16H,2,5-6,8H2,1H3,(H,17,18). The summed E-state index contributed by atoms with van der Waals surface area (Å²) >= 11 is 0. The number of hydrogen-bond acceptors (Lipinski definition) is 4. The summed E-state index contributed by atoms with van der Waals surface area (Å²) in [6.07, 6.45) is 0.0187. The molecule has 7 heteroatoms. The second-order valence-corrected chi connectivity index (χ2v) is 3.91. The van der Waals surface area contributed by atoms with Gasteiger partial charge in [-0.3, -0.25) is 4.79 Å². The van der Waals surface area contributed by atoms with Crippen molar-refractivity contribution >= 4 is 5.97 Å². The van der Waals surface area contributed by atoms with E-state index in [4.69, 9.17) is 9.84 Å². The summed E-state index contributed by atoms with van der Waals surface area (Å²) in [6.45, 7) is -0.0928. The minimum atomic E-state index is -2.91. The van der Waals surface area contributed by atoms with Crippen LogP contribution >= 0.6 is 0 Å². The van der Waals surface area contributed by atoms with Gasteiger partial charge < -0.3 is 19.9 Å². The van der Waals surface area contributed by atoms with Crippen LogP contribution < -0.4 is 14.8 Å². The van der Waals surface area contributed by atoms with Gasteiger partial charge in [-0.05, 0) is 24.6 Å². The first-order chi connectivity index (χ1) is 9.52. The Kier molecular flexibility index (Phi) is 6.72. The number of halogens is 2. The summed E-state index contributed by atoms with van der Waals surface area (Å²) in [5.41, 5.74) is 0.792. The Morgan fingerprint density at radius 3 is 2.75 bits per heavy atom. The molecule has 1 aromatic carbocycles. The molecule has 2 N–H and O–H groups in total. The van der Waals surface area contributed by atoms with Crippen LogP contribution in [0.25, 0.3) is 0 Å². The molecular formula is C13H17F2NO4. The molecule has 1 rings (SSSR count). The van der Waals surface area contributed by atoms with Gasteiger partial charge in [-0.1, -0.05) is 6.07 Å². The normalized spacial score (nSPS) is 10.6. The predicted octanol–water partition coefficient (Wildman–Crippen LogP) is 2.25. The number of benzene rings is 1. The number of hydrogen-bond donors (Lipinski definition) is 2. The maximum Gasteiger partial charge on any atom is 0.387 e. The summed E-state index contributed by atoms with van der Waals surface area (Å²) in [5.74, 6) is -0.658. The molecular weight excluding hydrogens is 272 g/mol. The van der Waals surface area contributed by atoms with E-state index >= 15 is 0 Å². The van der Waals surface area contributed by atoms with Crippen molar-refractivity contribution in [3.63, 3.8) is 0 Å². The van der Waals surface area contributed by atoms with E-state index in [1.54, 1.807) is 19.1 Å². The van der Waals surface area contributed by atoms with Crippen LogP contribution in [0.2, 0.25) is 0 Å². The molecule has 0 aliphatic heterocycles. The maximum absolute atomic E-state index is 12.2. The predicted molar refractivity (Wildman–Crippen MR) is 68.2 cm³/mol. The molecule has 0 bridgehead atoms. The third-order valence-corrected chi connectivity index (χ3v) is 2.37. The van der Waals surface area contributed by atoms with E-state index < -0.39 is 12.6 Å². The molecule has 0 aliphatic rings. The van der Waals surface area contributed by atoms with Gasteiger partial charge in [-0.25, -0.2) is 0 Å². The van der Waals surface area contributed by atoms with Crippen molar-refractivity contribution in [2.75, 3.05) is 13.2 Å². The number of aliphatic carboxylic acids is 1. The van der Waals surface area contributed by atoms with Gasteiger partial charge in [-0.2, -0.15) is 8.78 Å². The topological polar surface area (TPSA) is 67.8 Å². The van der Waals surface area contributed by atoms with Crippen LogP contribution in [0.4, 0.5) is 8.78 Å². The molecule has 0 aromatic heterocycles. The number of alkyl halides is 2. The lowest BCUT2D eigenvalue weighted by atomic mass is 10.2. The molecule has 0 heterocycles. The van der Waals surface area contributed by atoms with Crippen LogP contribution in [0, 0.1) is 0 Å². The third kappa shape index (κ3) is 5.83. The van der Waals surface area contributed by atoms with Crippen LogP contribution in [0.5, 0.6) is 11.5 Å². The van der Waals surface area contributed by atoms with Crippen molar-refractivity contribution in [1.29, 1.82) is 0 Å². The van der Waals surface area contributed by atoms with E-state index in [2.05, 4.69) is 10.1 Å². The molecule has 0 saturated carbocycles. The number of carbonyl (C=O) groups is 1. The number of carboxylic acids is 1. The second-order valence-electron chi connectivity index (χ2n) is 3.91. The molecule has 0 aliphatic carbocycles. The average Bonchev–Trinajstić information content (AvgIpc) is 2.37. The van der Waals surface area contributed by atoms with E-state index in [1.807, 2.05) is 0 Å². The van der Waals surface area contributed by atoms with Gasteiger partial charge in [0.15, 0.2) is 11.5 Å². The molecule has 0 unspecified atom stereocenters. The van der Waals surface area contributed by atoms with Gasteiger partial charge in [0.25, 0.3) is 0 Å². The van der Waals surface area contributed by atoms with Crippen LogP contribution in [-0.2, 0) is 11.3 Å². The van der Waals surface area contributed by atoms with E-state index in [-0.39, 0.29) is 17.9 Å². The smallest absolute Gasteiger partial charge is 0.387 e. The Labute approximate surface area is 115 Å². The Morgan fingerprint density at radius 2 is 2.15 bits per heavy atom. The summed E-state index contributed by atoms with van der Waals surface area (Å²) in [4.78, 5) is 10.3. The van der Waals surface area contributed by atoms with E-state index in [0.29, 0.717) is 19.7 Å². The van der Waals surface area contributed by atoms with Gasteiger partial charge in [0.05, 0.1) is 13.0 Å². The van der Waals surface area contributed by atoms with E-state index in [0.717, 1.165) is 5.56 Å². The van der Waals surface area contributed by atoms with E-state index in [1.165, 1.54) is 6.07 Å². The highest BCUT2D eigenvalue weighted by molar-refractivity contribution is 5.66. The van der Waals surface area contributed by atoms with Crippen LogP contribution in [0.1, 0.15) is 18.9 Å². The lowest BCUT2D eigenvalue weighted by Gasteiger charge is -2.13. The average molecular weight is 289 g/mol. The minimum absolute atomic E-state index is 0.0175. The fraction of sp³-hybridized carbons (Fsp3) is 0.462. The first-order valence-electron chi connectivity index (χ1n) is 6.16. The molecule has 1 aromatic rings. The first-order valence-corrected chi connectivity index (χ1v) is 6.16. The molecule has 0 spiro atoms. The number of nitrogens with one attached hydrogen (secondary N) is 1. The van der Waals surface area contributed by atoms with Gasteiger partial charge in [0.2, 0.25) is 0 Å². The molecule has 0 atom stereocenters. The molecule has 0 amide bonds. The van der Waals surface area contributed by atoms with E-state index in [9.17, 15) is 13.6 Å². The van der Waals surface area contributed by atoms with Crippen molar-refractivity contribution in [3.8, 4) is 11.5 Å². The molecule has 0 saturated heterocycles. The van der Waals surface area contributed by atoms with Crippen LogP contribution in [-0.4, -0.2) is 30.8 Å². The zero-order valence-corrected chi connectivity index (χ0v) is 11.1. The van der Waals surface area contributed by atoms with Crippen LogP contribution in [0.15, 0.2) is 18.2 Å². The molecule has 0 fully saturated rings. The third-order valence-electron chi connectivity index (χ3n) is 2.37. The Balaban J connectivity index is 2.64. The fourth-order valence-electron chi connectivity index (χ4n) is 1.55. The second kappa shape index (κ2) is 8.31. The number of carboxylic acid groups (broad SMARTS) is 1. The SMILES string of the molecule is CCOc1cc(CNCCC(=O)O)ccc1OC(F)F. The zero-order chi connectivity index (χ0) is 15.0.